The van der Waals surface area contributed by atoms with Crippen molar-refractivity contribution in [3.8, 4) is 11.4 Å². The highest BCUT2D eigenvalue weighted by Gasteiger charge is 2.24. The number of rotatable bonds is 3. The molecular formula is C21H26N6O2S. The van der Waals surface area contributed by atoms with Gasteiger partial charge < -0.3 is 9.64 Å². The largest absolute Gasteiger partial charge is 0.377 e. The second-order valence-electron chi connectivity index (χ2n) is 8.08. The number of H-pyrrole nitrogens is 1. The third-order valence-corrected chi connectivity index (χ3v) is 8.23. The third-order valence-electron chi connectivity index (χ3n) is 5.85. The molecule has 2 fully saturated rings. The van der Waals surface area contributed by atoms with E-state index in [-0.39, 0.29) is 6.04 Å². The molecule has 2 aliphatic heterocycles. The molecular weight excluding hydrogens is 400 g/mol. The molecule has 158 valence electrons. The molecule has 0 amide bonds. The summed E-state index contributed by atoms with van der Waals surface area (Å²) in [5.74, 6) is 2.15. The van der Waals surface area contributed by atoms with Crippen LogP contribution >= 0.6 is 0 Å². The maximum atomic E-state index is 13.3. The molecule has 2 saturated heterocycles. The number of fused-ring (bicyclic) bond motifs is 1. The predicted molar refractivity (Wildman–Crippen MR) is 119 cm³/mol. The van der Waals surface area contributed by atoms with E-state index >= 15 is 0 Å². The number of morpholine rings is 1. The number of aromatic amines is 1. The normalized spacial score (nSPS) is 21.3. The van der Waals surface area contributed by atoms with Gasteiger partial charge >= 0.3 is 0 Å². The topological polar surface area (TPSA) is 96.4 Å². The Morgan fingerprint density at radius 2 is 2.17 bits per heavy atom. The Kier molecular flexibility index (Phi) is 4.94. The van der Waals surface area contributed by atoms with Crippen molar-refractivity contribution < 1.29 is 8.95 Å². The second-order valence-corrected chi connectivity index (χ2v) is 10.6. The highest BCUT2D eigenvalue weighted by molar-refractivity contribution is 7.93. The lowest BCUT2D eigenvalue weighted by Gasteiger charge is -2.34. The Bertz CT molecular complexity index is 1190. The van der Waals surface area contributed by atoms with Gasteiger partial charge in [0.25, 0.3) is 0 Å². The van der Waals surface area contributed by atoms with E-state index in [2.05, 4.69) is 27.0 Å². The molecule has 0 bridgehead atoms. The van der Waals surface area contributed by atoms with Gasteiger partial charge in [-0.2, -0.15) is 9.46 Å². The van der Waals surface area contributed by atoms with Crippen LogP contribution in [0.25, 0.3) is 22.3 Å². The summed E-state index contributed by atoms with van der Waals surface area (Å²) in [4.78, 5) is 11.9. The predicted octanol–water partition coefficient (Wildman–Crippen LogP) is 3.45. The van der Waals surface area contributed by atoms with Crippen LogP contribution in [0, 0.1) is 6.92 Å². The van der Waals surface area contributed by atoms with Gasteiger partial charge in [-0.3, -0.25) is 10.1 Å². The molecule has 0 aliphatic carbocycles. The molecule has 1 N–H and O–H groups in total. The van der Waals surface area contributed by atoms with Crippen LogP contribution in [0.15, 0.2) is 28.9 Å². The summed E-state index contributed by atoms with van der Waals surface area (Å²) in [7, 11) is -2.23. The number of ether oxygens (including phenoxy) is 1. The Morgan fingerprint density at radius 3 is 2.90 bits per heavy atom. The van der Waals surface area contributed by atoms with Gasteiger partial charge in [-0.1, -0.05) is 0 Å². The van der Waals surface area contributed by atoms with E-state index in [1.165, 1.54) is 0 Å². The van der Waals surface area contributed by atoms with E-state index < -0.39 is 9.73 Å². The first-order valence-electron chi connectivity index (χ1n) is 10.4. The molecule has 0 unspecified atom stereocenters. The minimum Gasteiger partial charge on any atom is -0.377 e. The highest BCUT2D eigenvalue weighted by atomic mass is 32.2. The maximum absolute atomic E-state index is 13.3. The van der Waals surface area contributed by atoms with Crippen molar-refractivity contribution in [1.82, 2.24) is 20.2 Å². The Morgan fingerprint density at radius 1 is 1.33 bits per heavy atom. The lowest BCUT2D eigenvalue weighted by Crippen LogP contribution is -2.44. The van der Waals surface area contributed by atoms with Crippen molar-refractivity contribution in [2.24, 2.45) is 4.36 Å². The van der Waals surface area contributed by atoms with Gasteiger partial charge in [-0.25, -0.2) is 9.19 Å². The quantitative estimate of drug-likeness (QED) is 0.689. The van der Waals surface area contributed by atoms with Crippen LogP contribution in [0.3, 0.4) is 0 Å². The van der Waals surface area contributed by atoms with Crippen molar-refractivity contribution in [3.63, 3.8) is 0 Å². The monoisotopic (exact) mass is 426 g/mol. The molecule has 0 spiro atoms. The van der Waals surface area contributed by atoms with Crippen molar-refractivity contribution in [3.05, 3.63) is 30.1 Å². The van der Waals surface area contributed by atoms with Crippen molar-refractivity contribution in [2.75, 3.05) is 36.2 Å². The van der Waals surface area contributed by atoms with Crippen molar-refractivity contribution >= 4 is 32.1 Å². The third kappa shape index (κ3) is 3.45. The number of hydrogen-bond donors (Lipinski definition) is 1. The number of anilines is 1. The summed E-state index contributed by atoms with van der Waals surface area (Å²) in [6.45, 7) is 6.21. The molecule has 5 heterocycles. The SMILES string of the molecule is Cc1cnc(-c2ccn[nH]2)c2nc(N3CCOC[C@H]3C)cc(N=S3(=O)CCCC3)c12. The molecule has 0 radical (unpaired) electrons. The molecule has 3 aromatic heterocycles. The van der Waals surface area contributed by atoms with Gasteiger partial charge in [0, 0.05) is 41.9 Å². The average molecular weight is 427 g/mol. The Hall–Kier alpha value is -2.52. The van der Waals surface area contributed by atoms with Crippen LogP contribution in [-0.2, 0) is 14.5 Å². The highest BCUT2D eigenvalue weighted by Crippen LogP contribution is 2.37. The second kappa shape index (κ2) is 7.63. The molecule has 1 atom stereocenters. The van der Waals surface area contributed by atoms with E-state index in [9.17, 15) is 4.21 Å². The van der Waals surface area contributed by atoms with Crippen molar-refractivity contribution in [1.29, 1.82) is 0 Å². The van der Waals surface area contributed by atoms with Crippen LogP contribution in [0.5, 0.6) is 0 Å². The fourth-order valence-electron chi connectivity index (χ4n) is 4.26. The minimum atomic E-state index is -2.23. The van der Waals surface area contributed by atoms with E-state index in [4.69, 9.17) is 14.1 Å². The zero-order valence-corrected chi connectivity index (χ0v) is 18.1. The number of pyridine rings is 2. The molecule has 8 nitrogen and oxygen atoms in total. The number of aryl methyl sites for hydroxylation is 1. The minimum absolute atomic E-state index is 0.199. The lowest BCUT2D eigenvalue weighted by molar-refractivity contribution is 0.0986. The number of hydrogen-bond acceptors (Lipinski definition) is 7. The summed E-state index contributed by atoms with van der Waals surface area (Å²) in [6, 6.07) is 4.08. The van der Waals surface area contributed by atoms with Gasteiger partial charge in [0.15, 0.2) is 0 Å². The number of aromatic nitrogens is 4. The smallest absolute Gasteiger partial charge is 0.131 e. The standard InChI is InChI=1S/C21H26N6O2S/c1-14-12-22-20(16-5-6-23-25-16)21-19(14)17(26-30(28)9-3-4-10-30)11-18(24-21)27-7-8-29-13-15(27)2/h5-6,11-12,15H,3-4,7-10,13H2,1-2H3,(H,23,25)/t15-/m1/s1. The van der Waals surface area contributed by atoms with E-state index in [0.29, 0.717) is 24.7 Å². The molecule has 5 rings (SSSR count). The molecule has 9 heteroatoms. The van der Waals surface area contributed by atoms with E-state index in [1.54, 1.807) is 6.20 Å². The Balaban J connectivity index is 1.80. The van der Waals surface area contributed by atoms with Gasteiger partial charge in [-0.05, 0) is 38.3 Å². The summed E-state index contributed by atoms with van der Waals surface area (Å²) in [6.07, 6.45) is 5.48. The zero-order chi connectivity index (χ0) is 20.7. The van der Waals surface area contributed by atoms with Crippen LogP contribution in [0.1, 0.15) is 25.3 Å². The lowest BCUT2D eigenvalue weighted by atomic mass is 10.1. The van der Waals surface area contributed by atoms with Crippen LogP contribution in [0.4, 0.5) is 11.5 Å². The molecule has 30 heavy (non-hydrogen) atoms. The van der Waals surface area contributed by atoms with Gasteiger partial charge in [0.05, 0.1) is 40.4 Å². The Labute approximate surface area is 176 Å². The fraction of sp³-hybridized carbons (Fsp3) is 0.476. The summed E-state index contributed by atoms with van der Waals surface area (Å²) in [5.41, 5.74) is 4.02. The fourth-order valence-corrected chi connectivity index (χ4v) is 6.46. The van der Waals surface area contributed by atoms with E-state index in [0.717, 1.165) is 58.7 Å². The molecule has 2 aliphatic rings. The van der Waals surface area contributed by atoms with Gasteiger partial charge in [0.1, 0.15) is 17.0 Å². The van der Waals surface area contributed by atoms with Crippen molar-refractivity contribution in [2.45, 2.75) is 32.7 Å². The number of nitrogens with zero attached hydrogens (tertiary/aromatic N) is 5. The summed E-state index contributed by atoms with van der Waals surface area (Å²) >= 11 is 0. The molecule has 3 aromatic rings. The maximum Gasteiger partial charge on any atom is 0.131 e. The molecule has 0 aromatic carbocycles. The van der Waals surface area contributed by atoms with Crippen LogP contribution in [-0.4, -0.2) is 61.7 Å². The average Bonchev–Trinajstić information content (AvgIpc) is 3.40. The first-order chi connectivity index (χ1) is 14.5. The van der Waals surface area contributed by atoms with E-state index in [1.807, 2.05) is 25.3 Å². The molecule has 0 saturated carbocycles. The zero-order valence-electron chi connectivity index (χ0n) is 17.3. The summed E-state index contributed by atoms with van der Waals surface area (Å²) < 4.78 is 23.8. The van der Waals surface area contributed by atoms with Gasteiger partial charge in [-0.15, -0.1) is 0 Å². The van der Waals surface area contributed by atoms with Gasteiger partial charge in [0.2, 0.25) is 0 Å². The first-order valence-corrected chi connectivity index (χ1v) is 12.3. The van der Waals surface area contributed by atoms with Crippen LogP contribution < -0.4 is 4.90 Å². The first kappa shape index (κ1) is 19.4. The summed E-state index contributed by atoms with van der Waals surface area (Å²) in [5, 5.41) is 7.99. The number of nitrogens with one attached hydrogen (secondary N) is 1. The van der Waals surface area contributed by atoms with Crippen LogP contribution in [0.2, 0.25) is 0 Å².